The van der Waals surface area contributed by atoms with Gasteiger partial charge in [-0.1, -0.05) is 59.1 Å². The number of nitrogens with zero attached hydrogens (tertiary/aromatic N) is 8. The van der Waals surface area contributed by atoms with E-state index in [0.29, 0.717) is 95.7 Å². The van der Waals surface area contributed by atoms with E-state index in [1.54, 1.807) is 74.0 Å². The zero-order valence-corrected chi connectivity index (χ0v) is 43.3. The molecule has 0 bridgehead atoms. The zero-order valence-electron chi connectivity index (χ0n) is 42.5. The second-order valence-electron chi connectivity index (χ2n) is 20.3. The van der Waals surface area contributed by atoms with Crippen molar-refractivity contribution in [3.8, 4) is 17.6 Å². The number of fused-ring (bicyclic) bond motifs is 1. The van der Waals surface area contributed by atoms with Crippen molar-refractivity contribution in [1.29, 1.82) is 5.26 Å². The Bertz CT molecular complexity index is 2600. The van der Waals surface area contributed by atoms with Gasteiger partial charge < -0.3 is 49.6 Å². The van der Waals surface area contributed by atoms with Crippen LogP contribution in [0.25, 0.3) is 0 Å². The topological polar surface area (TPSA) is 209 Å². The first-order valence-electron chi connectivity index (χ1n) is 25.2. The van der Waals surface area contributed by atoms with Gasteiger partial charge in [0.15, 0.2) is 5.82 Å². The molecule has 384 valence electrons. The van der Waals surface area contributed by atoms with Crippen LogP contribution in [0.1, 0.15) is 119 Å². The first kappa shape index (κ1) is 52.0. The molecule has 3 fully saturated rings. The lowest BCUT2D eigenvalue weighted by molar-refractivity contribution is -0.164. The number of carbonyl (C=O) groups is 3. The summed E-state index contributed by atoms with van der Waals surface area (Å²) in [5, 5.41) is 19.0. The van der Waals surface area contributed by atoms with Gasteiger partial charge in [0.1, 0.15) is 35.4 Å². The highest BCUT2D eigenvalue weighted by molar-refractivity contribution is 6.31. The number of aromatic nitrogens is 4. The van der Waals surface area contributed by atoms with Gasteiger partial charge in [0.2, 0.25) is 17.8 Å². The van der Waals surface area contributed by atoms with E-state index in [4.69, 9.17) is 35.5 Å². The Morgan fingerprint density at radius 3 is 2.31 bits per heavy atom. The molecule has 2 aromatic heterocycles. The van der Waals surface area contributed by atoms with Gasteiger partial charge in [-0.3, -0.25) is 14.4 Å². The molecule has 4 aliphatic rings. The summed E-state index contributed by atoms with van der Waals surface area (Å²) in [5.41, 5.74) is 1.77. The molecule has 2 aliphatic carbocycles. The number of benzene rings is 2. The van der Waals surface area contributed by atoms with Crippen molar-refractivity contribution in [3.63, 3.8) is 0 Å². The number of ether oxygens (including phenoxy) is 4. The molecule has 72 heavy (non-hydrogen) atoms. The van der Waals surface area contributed by atoms with E-state index in [1.165, 1.54) is 0 Å². The Balaban J connectivity index is 0.701. The van der Waals surface area contributed by atoms with E-state index in [-0.39, 0.29) is 48.1 Å². The van der Waals surface area contributed by atoms with Crippen molar-refractivity contribution in [2.24, 2.45) is 10.8 Å². The number of hydrogen-bond donors (Lipinski definition) is 3. The molecule has 0 unspecified atom stereocenters. The fourth-order valence-corrected chi connectivity index (χ4v) is 11.3. The van der Waals surface area contributed by atoms with E-state index in [9.17, 15) is 19.6 Å². The van der Waals surface area contributed by atoms with Crippen LogP contribution in [0.5, 0.6) is 11.5 Å². The second-order valence-corrected chi connectivity index (χ2v) is 20.7. The molecule has 3 amide bonds. The summed E-state index contributed by atoms with van der Waals surface area (Å²) >= 11 is 6.25. The van der Waals surface area contributed by atoms with E-state index < -0.39 is 10.8 Å². The number of piperidine rings is 1. The maximum atomic E-state index is 13.4. The van der Waals surface area contributed by atoms with Crippen molar-refractivity contribution in [3.05, 3.63) is 76.7 Å². The smallest absolute Gasteiger partial charge is 0.254 e. The molecule has 19 heteroatoms. The summed E-state index contributed by atoms with van der Waals surface area (Å²) in [7, 11) is 3.34. The molecular weight excluding hydrogens is 938 g/mol. The van der Waals surface area contributed by atoms with Gasteiger partial charge in [-0.25, -0.2) is 15.0 Å². The lowest BCUT2D eigenvalue weighted by Gasteiger charge is -2.63. The third-order valence-corrected chi connectivity index (χ3v) is 15.0. The summed E-state index contributed by atoms with van der Waals surface area (Å²) in [5.74, 6) is 2.38. The van der Waals surface area contributed by atoms with Crippen molar-refractivity contribution in [1.82, 2.24) is 30.6 Å². The van der Waals surface area contributed by atoms with Crippen LogP contribution < -0.4 is 40.1 Å². The van der Waals surface area contributed by atoms with Crippen LogP contribution in [0.2, 0.25) is 5.02 Å². The number of anilines is 5. The SMILES string of the molecule is CC[C@@H]1C(=O)N(C)c2cnc(Nc3ccc(C(=O)NCCCOCCCOC4CCN(c5ncc(C(=O)NC6C(C)(C)C(Oc7ccc(C#N)c(Cl)c7)C6(C)C)cn5)CC4)cc3OC)nc2N1C1CCCC1. The molecule has 2 aromatic carbocycles. The molecule has 1 saturated heterocycles. The van der Waals surface area contributed by atoms with E-state index in [2.05, 4.69) is 74.5 Å². The van der Waals surface area contributed by atoms with Crippen LogP contribution in [-0.4, -0.2) is 122 Å². The third kappa shape index (κ3) is 11.2. The van der Waals surface area contributed by atoms with Crippen LogP contribution in [0.15, 0.2) is 55.0 Å². The molecule has 0 radical (unpaired) electrons. The molecule has 8 rings (SSSR count). The molecule has 2 saturated carbocycles. The molecule has 1 atom stereocenters. The van der Waals surface area contributed by atoms with Crippen molar-refractivity contribution in [2.45, 2.75) is 123 Å². The van der Waals surface area contributed by atoms with Crippen LogP contribution in [0.4, 0.5) is 29.1 Å². The molecular formula is C53H68ClN11O7. The van der Waals surface area contributed by atoms with Crippen LogP contribution in [-0.2, 0) is 14.3 Å². The number of halogens is 1. The molecule has 3 N–H and O–H groups in total. The van der Waals surface area contributed by atoms with Gasteiger partial charge in [0.05, 0.1) is 41.2 Å². The number of nitrogens with one attached hydrogen (secondary N) is 3. The Morgan fingerprint density at radius 1 is 0.903 bits per heavy atom. The molecule has 18 nitrogen and oxygen atoms in total. The normalized spacial score (nSPS) is 20.6. The van der Waals surface area contributed by atoms with Crippen molar-refractivity contribution in [2.75, 3.05) is 73.6 Å². The quantitative estimate of drug-likeness (QED) is 0.0720. The summed E-state index contributed by atoms with van der Waals surface area (Å²) < 4.78 is 24.0. The third-order valence-electron chi connectivity index (χ3n) is 14.7. The van der Waals surface area contributed by atoms with Gasteiger partial charge in [-0.15, -0.1) is 0 Å². The highest BCUT2D eigenvalue weighted by Crippen LogP contribution is 2.55. The lowest BCUT2D eigenvalue weighted by Crippen LogP contribution is -2.74. The predicted molar refractivity (Wildman–Crippen MR) is 276 cm³/mol. The van der Waals surface area contributed by atoms with E-state index in [0.717, 1.165) is 63.9 Å². The largest absolute Gasteiger partial charge is 0.495 e. The number of likely N-dealkylation sites (N-methyl/N-ethyl adjacent to an activating group) is 1. The van der Waals surface area contributed by atoms with Gasteiger partial charge in [0, 0.05) is 93.4 Å². The first-order chi connectivity index (χ1) is 34.6. The highest BCUT2D eigenvalue weighted by Gasteiger charge is 2.64. The van der Waals surface area contributed by atoms with Crippen molar-refractivity contribution >= 4 is 58.4 Å². The lowest BCUT2D eigenvalue weighted by atomic mass is 9.49. The maximum absolute atomic E-state index is 13.4. The maximum Gasteiger partial charge on any atom is 0.254 e. The molecule has 2 aliphatic heterocycles. The fourth-order valence-electron chi connectivity index (χ4n) is 11.1. The highest BCUT2D eigenvalue weighted by atomic mass is 35.5. The fraction of sp³-hybridized carbons (Fsp3) is 0.547. The number of nitriles is 1. The van der Waals surface area contributed by atoms with Crippen LogP contribution in [0, 0.1) is 22.2 Å². The number of hydrogen-bond acceptors (Lipinski definition) is 15. The number of carbonyl (C=O) groups excluding carboxylic acids is 3. The first-order valence-corrected chi connectivity index (χ1v) is 25.6. The average molecular weight is 1010 g/mol. The second kappa shape index (κ2) is 22.6. The average Bonchev–Trinajstić information content (AvgIpc) is 3.92. The van der Waals surface area contributed by atoms with Crippen LogP contribution in [0.3, 0.4) is 0 Å². The molecule has 0 spiro atoms. The van der Waals surface area contributed by atoms with Gasteiger partial charge in [-0.05, 0) is 75.3 Å². The van der Waals surface area contributed by atoms with Crippen LogP contribution >= 0.6 is 11.6 Å². The zero-order chi connectivity index (χ0) is 51.2. The minimum Gasteiger partial charge on any atom is -0.495 e. The standard InChI is InChI=1S/C53H68ClN11O7/c1-8-41-47(68)63(6)42-32-57-50(61-44(42)65(41)36-13-9-10-14-36)60-40-18-16-33(27-43(40)69-7)45(66)56-21-11-24-70-25-12-26-71-37-19-22-64(23-20-37)51-58-30-35(31-59-51)46(67)62-48-52(2,3)49(53(48,4)5)72-38-17-15-34(29-55)39(54)28-38/h15-18,27-28,30-32,36-37,41,48-49H,8-14,19-26H2,1-7H3,(H,56,66)(H,62,67)(H,57,60,61)/t41-,48?,49?/m1/s1. The summed E-state index contributed by atoms with van der Waals surface area (Å²) in [6.45, 7) is 13.9. The molecule has 4 aromatic rings. The number of methoxy groups -OCH3 is 1. The Morgan fingerprint density at radius 2 is 1.62 bits per heavy atom. The number of amides is 3. The Labute approximate surface area is 427 Å². The van der Waals surface area contributed by atoms with E-state index >= 15 is 0 Å². The minimum atomic E-state index is -0.393. The molecule has 4 heterocycles. The van der Waals surface area contributed by atoms with Gasteiger partial charge in [0.25, 0.3) is 11.8 Å². The van der Waals surface area contributed by atoms with Gasteiger partial charge >= 0.3 is 0 Å². The summed E-state index contributed by atoms with van der Waals surface area (Å²) in [4.78, 5) is 64.4. The van der Waals surface area contributed by atoms with Crippen molar-refractivity contribution < 1.29 is 33.3 Å². The monoisotopic (exact) mass is 1010 g/mol. The number of rotatable bonds is 20. The minimum absolute atomic E-state index is 0.0644. The predicted octanol–water partition coefficient (Wildman–Crippen LogP) is 7.87. The Hall–Kier alpha value is -6.29. The van der Waals surface area contributed by atoms with Gasteiger partial charge in [-0.2, -0.15) is 10.2 Å². The summed E-state index contributed by atoms with van der Waals surface area (Å²) in [6, 6.07) is 12.1. The summed E-state index contributed by atoms with van der Waals surface area (Å²) in [6.07, 6.45) is 12.9. The van der Waals surface area contributed by atoms with E-state index in [1.807, 2.05) is 6.92 Å². The Kier molecular flexibility index (Phi) is 16.4.